The second-order valence-electron chi connectivity index (χ2n) is 5.33. The summed E-state index contributed by atoms with van der Waals surface area (Å²) < 4.78 is 24.7. The number of ketones is 1. The highest BCUT2D eigenvalue weighted by Gasteiger charge is 2.17. The van der Waals surface area contributed by atoms with Crippen LogP contribution >= 0.6 is 0 Å². The van der Waals surface area contributed by atoms with Crippen LogP contribution in [0.1, 0.15) is 35.7 Å². The van der Waals surface area contributed by atoms with Gasteiger partial charge in [0.1, 0.15) is 0 Å². The Hall–Kier alpha value is -2.80. The molecule has 0 spiro atoms. The number of pyridine rings is 1. The van der Waals surface area contributed by atoms with Gasteiger partial charge >= 0.3 is 5.97 Å². The third kappa shape index (κ3) is 4.60. The van der Waals surface area contributed by atoms with Gasteiger partial charge in [-0.1, -0.05) is 13.3 Å². The average Bonchev–Trinajstić information content (AvgIpc) is 2.61. The Morgan fingerprint density at radius 3 is 2.12 bits per heavy atom. The van der Waals surface area contributed by atoms with E-state index in [9.17, 15) is 18.0 Å². The molecule has 7 heteroatoms. The van der Waals surface area contributed by atoms with Gasteiger partial charge in [0.2, 0.25) is 0 Å². The van der Waals surface area contributed by atoms with Gasteiger partial charge in [0.15, 0.2) is 15.6 Å². The van der Waals surface area contributed by atoms with Crippen LogP contribution in [0, 0.1) is 0 Å². The number of aromatic nitrogens is 1. The number of nitrogens with zero attached hydrogens (tertiary/aromatic N) is 1. The van der Waals surface area contributed by atoms with Crippen molar-refractivity contribution < 1.29 is 23.1 Å². The van der Waals surface area contributed by atoms with Gasteiger partial charge in [0.25, 0.3) is 0 Å². The molecule has 6 nitrogen and oxygen atoms in total. The number of sulfone groups is 1. The highest BCUT2D eigenvalue weighted by molar-refractivity contribution is 7.94. The van der Waals surface area contributed by atoms with Crippen molar-refractivity contribution in [3.05, 3.63) is 70.9 Å². The Morgan fingerprint density at radius 2 is 1.60 bits per heavy atom. The zero-order valence-corrected chi connectivity index (χ0v) is 14.4. The number of hydrogen-bond acceptors (Lipinski definition) is 5. The Bertz CT molecular complexity index is 900. The normalized spacial score (nSPS) is 12.0. The van der Waals surface area contributed by atoms with E-state index in [2.05, 4.69) is 4.98 Å². The summed E-state index contributed by atoms with van der Waals surface area (Å²) in [6.45, 7) is 1.77. The molecule has 2 aromatic rings. The van der Waals surface area contributed by atoms with Crippen LogP contribution in [-0.4, -0.2) is 30.3 Å². The van der Waals surface area contributed by atoms with Gasteiger partial charge in [-0.15, -0.1) is 0 Å². The molecular formula is C18H17NO5S. The molecule has 0 aliphatic heterocycles. The minimum absolute atomic E-state index is 0.0615. The number of benzene rings is 1. The molecule has 130 valence electrons. The summed E-state index contributed by atoms with van der Waals surface area (Å²) in [5, 5.41) is 9.85. The largest absolute Gasteiger partial charge is 0.478 e. The van der Waals surface area contributed by atoms with Gasteiger partial charge in [0.05, 0.1) is 4.90 Å². The fraction of sp³-hybridized carbons (Fsp3) is 0.167. The smallest absolute Gasteiger partial charge is 0.332 e. The van der Waals surface area contributed by atoms with Crippen molar-refractivity contribution in [2.24, 2.45) is 0 Å². The molecule has 0 aliphatic carbocycles. The van der Waals surface area contributed by atoms with Crippen LogP contribution in [-0.2, 0) is 14.6 Å². The Balaban J connectivity index is 2.31. The van der Waals surface area contributed by atoms with E-state index < -0.39 is 15.8 Å². The molecule has 0 aliphatic rings. The summed E-state index contributed by atoms with van der Waals surface area (Å²) in [7, 11) is -3.90. The Labute approximate surface area is 145 Å². The minimum Gasteiger partial charge on any atom is -0.478 e. The van der Waals surface area contributed by atoms with E-state index in [-0.39, 0.29) is 22.7 Å². The zero-order chi connectivity index (χ0) is 18.4. The fourth-order valence-electron chi connectivity index (χ4n) is 2.21. The Kier molecular flexibility index (Phi) is 5.82. The van der Waals surface area contributed by atoms with E-state index in [1.165, 1.54) is 36.7 Å². The van der Waals surface area contributed by atoms with Gasteiger partial charge in [-0.05, 0) is 42.8 Å². The second-order valence-corrected chi connectivity index (χ2v) is 7.13. The number of hydrogen-bond donors (Lipinski definition) is 1. The number of rotatable bonds is 7. The summed E-state index contributed by atoms with van der Waals surface area (Å²) >= 11 is 0. The van der Waals surface area contributed by atoms with E-state index in [0.29, 0.717) is 17.5 Å². The molecule has 1 aromatic carbocycles. The predicted molar refractivity (Wildman–Crippen MR) is 91.9 cm³/mol. The van der Waals surface area contributed by atoms with Crippen LogP contribution < -0.4 is 0 Å². The summed E-state index contributed by atoms with van der Waals surface area (Å²) in [6, 6.07) is 8.55. The Morgan fingerprint density at radius 1 is 1.04 bits per heavy atom. The second kappa shape index (κ2) is 7.85. The van der Waals surface area contributed by atoms with Gasteiger partial charge in [-0.25, -0.2) is 13.2 Å². The van der Waals surface area contributed by atoms with Crippen molar-refractivity contribution in [1.82, 2.24) is 4.98 Å². The first-order chi connectivity index (χ1) is 11.8. The topological polar surface area (TPSA) is 101 Å². The standard InChI is InChI=1S/C18H17NO5S/c1-2-3-15(18(21)22)12-25(23,24)16-6-4-13(5-7-16)17(20)14-8-10-19-11-9-14/h4-12H,2-3H2,1H3,(H,21,22)/b15-12+. The zero-order valence-electron chi connectivity index (χ0n) is 13.5. The number of carboxylic acids is 1. The molecule has 0 radical (unpaired) electrons. The maximum absolute atomic E-state index is 12.3. The van der Waals surface area contributed by atoms with Crippen LogP contribution in [0.25, 0.3) is 0 Å². The van der Waals surface area contributed by atoms with Crippen LogP contribution in [0.3, 0.4) is 0 Å². The van der Waals surface area contributed by atoms with E-state index in [1.54, 1.807) is 19.1 Å². The first kappa shape index (κ1) is 18.5. The summed E-state index contributed by atoms with van der Waals surface area (Å²) in [5.41, 5.74) is 0.613. The lowest BCUT2D eigenvalue weighted by Crippen LogP contribution is -2.06. The van der Waals surface area contributed by atoms with Gasteiger partial charge < -0.3 is 5.11 Å². The molecule has 0 bridgehead atoms. The van der Waals surface area contributed by atoms with Crippen molar-refractivity contribution in [3.63, 3.8) is 0 Å². The molecule has 1 heterocycles. The predicted octanol–water partition coefficient (Wildman–Crippen LogP) is 2.85. The minimum atomic E-state index is -3.90. The van der Waals surface area contributed by atoms with Crippen LogP contribution in [0.15, 0.2) is 64.7 Å². The van der Waals surface area contributed by atoms with Crippen molar-refractivity contribution in [2.45, 2.75) is 24.7 Å². The molecular weight excluding hydrogens is 342 g/mol. The quantitative estimate of drug-likeness (QED) is 0.602. The maximum Gasteiger partial charge on any atom is 0.332 e. The van der Waals surface area contributed by atoms with Gasteiger partial charge in [-0.2, -0.15) is 0 Å². The first-order valence-corrected chi connectivity index (χ1v) is 9.13. The molecule has 0 saturated heterocycles. The fourth-order valence-corrected chi connectivity index (χ4v) is 3.45. The molecule has 25 heavy (non-hydrogen) atoms. The number of carbonyl (C=O) groups is 2. The molecule has 0 atom stereocenters. The lowest BCUT2D eigenvalue weighted by atomic mass is 10.1. The van der Waals surface area contributed by atoms with E-state index in [0.717, 1.165) is 5.41 Å². The summed E-state index contributed by atoms with van der Waals surface area (Å²) in [4.78, 5) is 27.2. The molecule has 0 saturated carbocycles. The third-order valence-electron chi connectivity index (χ3n) is 3.48. The molecule has 0 unspecified atom stereocenters. The number of aliphatic carboxylic acids is 1. The third-order valence-corrected chi connectivity index (χ3v) is 5.00. The molecule has 1 aromatic heterocycles. The van der Waals surface area contributed by atoms with Gasteiger partial charge in [0, 0.05) is 34.5 Å². The maximum atomic E-state index is 12.3. The van der Waals surface area contributed by atoms with Gasteiger partial charge in [-0.3, -0.25) is 9.78 Å². The first-order valence-electron chi connectivity index (χ1n) is 7.59. The highest BCUT2D eigenvalue weighted by atomic mass is 32.2. The lowest BCUT2D eigenvalue weighted by Gasteiger charge is -2.05. The number of carbonyl (C=O) groups excluding carboxylic acids is 1. The van der Waals surface area contributed by atoms with Crippen LogP contribution in [0.2, 0.25) is 0 Å². The monoisotopic (exact) mass is 359 g/mol. The van der Waals surface area contributed by atoms with Crippen LogP contribution in [0.4, 0.5) is 0 Å². The highest BCUT2D eigenvalue weighted by Crippen LogP contribution is 2.18. The van der Waals surface area contributed by atoms with E-state index in [1.807, 2.05) is 0 Å². The molecule has 2 rings (SSSR count). The number of carboxylic acid groups (broad SMARTS) is 1. The van der Waals surface area contributed by atoms with Crippen molar-refractivity contribution in [1.29, 1.82) is 0 Å². The van der Waals surface area contributed by atoms with E-state index >= 15 is 0 Å². The van der Waals surface area contributed by atoms with E-state index in [4.69, 9.17) is 5.11 Å². The molecule has 1 N–H and O–H groups in total. The average molecular weight is 359 g/mol. The molecule has 0 fully saturated rings. The van der Waals surface area contributed by atoms with Crippen LogP contribution in [0.5, 0.6) is 0 Å². The SMILES string of the molecule is CCC/C(=C\S(=O)(=O)c1ccc(C(=O)c2ccncc2)cc1)C(=O)O. The lowest BCUT2D eigenvalue weighted by molar-refractivity contribution is -0.132. The summed E-state index contributed by atoms with van der Waals surface area (Å²) in [6.07, 6.45) is 3.68. The van der Waals surface area contributed by atoms with Crippen molar-refractivity contribution >= 4 is 21.6 Å². The summed E-state index contributed by atoms with van der Waals surface area (Å²) in [5.74, 6) is -1.51. The van der Waals surface area contributed by atoms with Crippen molar-refractivity contribution in [2.75, 3.05) is 0 Å². The molecule has 0 amide bonds. The van der Waals surface area contributed by atoms with Crippen molar-refractivity contribution in [3.8, 4) is 0 Å².